The van der Waals surface area contributed by atoms with Crippen molar-refractivity contribution in [2.24, 2.45) is 0 Å². The van der Waals surface area contributed by atoms with E-state index in [1.165, 1.54) is 93.8 Å². The quantitative estimate of drug-likeness (QED) is 0.155. The van der Waals surface area contributed by atoms with Crippen LogP contribution in [-0.2, 0) is 11.0 Å². The minimum absolute atomic E-state index is 0.143. The summed E-state index contributed by atoms with van der Waals surface area (Å²) in [5.41, 5.74) is 19.1. The van der Waals surface area contributed by atoms with Gasteiger partial charge in [0.25, 0.3) is 0 Å². The van der Waals surface area contributed by atoms with E-state index in [0.717, 1.165) is 17.1 Å². The summed E-state index contributed by atoms with van der Waals surface area (Å²) in [5.74, 6) is 0. The smallest absolute Gasteiger partial charge is 0.0713 e. The first-order chi connectivity index (χ1) is 32.3. The molecular weight excluding hydrogens is 797 g/mol. The van der Waals surface area contributed by atoms with Crippen LogP contribution in [0.25, 0.3) is 66.0 Å². The Morgan fingerprint density at radius 1 is 0.394 bits per heavy atom. The monoisotopic (exact) mass is 846 g/mol. The molecule has 0 saturated carbocycles. The van der Waals surface area contributed by atoms with Crippen LogP contribution in [0.1, 0.15) is 48.6 Å². The first-order valence-corrected chi connectivity index (χ1v) is 23.2. The van der Waals surface area contributed by atoms with Crippen LogP contribution in [0.3, 0.4) is 0 Å². The molecular formula is C64H50N2. The third-order valence-electron chi connectivity index (χ3n) is 14.0. The summed E-state index contributed by atoms with van der Waals surface area (Å²) < 4.78 is 2.52. The Morgan fingerprint density at radius 2 is 0.985 bits per heavy atom. The van der Waals surface area contributed by atoms with E-state index in [1.807, 2.05) is 0 Å². The number of para-hydroxylation sites is 1. The van der Waals surface area contributed by atoms with Crippen LogP contribution in [0.2, 0.25) is 0 Å². The van der Waals surface area contributed by atoms with Crippen molar-refractivity contribution in [3.63, 3.8) is 0 Å². The van der Waals surface area contributed by atoms with Gasteiger partial charge in [-0.3, -0.25) is 0 Å². The van der Waals surface area contributed by atoms with Crippen LogP contribution in [0.15, 0.2) is 231 Å². The van der Waals surface area contributed by atoms with Crippen molar-refractivity contribution >= 4 is 49.6 Å². The van der Waals surface area contributed by atoms with Gasteiger partial charge >= 0.3 is 0 Å². The Balaban J connectivity index is 1.09. The van der Waals surface area contributed by atoms with Crippen molar-refractivity contribution in [2.75, 3.05) is 4.90 Å². The molecule has 1 heterocycles. The van der Waals surface area contributed by atoms with Gasteiger partial charge in [0.2, 0.25) is 0 Å². The third kappa shape index (κ3) is 6.09. The molecule has 0 radical (unpaired) electrons. The lowest BCUT2D eigenvalue weighted by atomic mass is 9.67. The fourth-order valence-electron chi connectivity index (χ4n) is 11.3. The molecule has 0 aliphatic heterocycles. The number of aryl methyl sites for hydroxylation is 1. The Labute approximate surface area is 387 Å². The predicted octanol–water partition coefficient (Wildman–Crippen LogP) is 17.2. The van der Waals surface area contributed by atoms with Crippen molar-refractivity contribution in [3.05, 3.63) is 258 Å². The number of fused-ring (bicyclic) bond motifs is 7. The summed E-state index contributed by atoms with van der Waals surface area (Å²) in [4.78, 5) is 2.47. The normalized spacial score (nSPS) is 13.0. The number of nitrogens with zero attached hydrogens (tertiary/aromatic N) is 2. The molecule has 1 aliphatic carbocycles. The van der Waals surface area contributed by atoms with Gasteiger partial charge in [-0.25, -0.2) is 0 Å². The largest absolute Gasteiger partial charge is 0.335 e. The molecule has 0 bridgehead atoms. The molecule has 66 heavy (non-hydrogen) atoms. The molecule has 11 aromatic rings. The van der Waals surface area contributed by atoms with E-state index in [4.69, 9.17) is 0 Å². The van der Waals surface area contributed by atoms with Gasteiger partial charge in [0.15, 0.2) is 0 Å². The molecule has 0 N–H and O–H groups in total. The summed E-state index contributed by atoms with van der Waals surface area (Å²) in [6, 6.07) is 85.6. The lowest BCUT2D eigenvalue weighted by Crippen LogP contribution is -2.28. The van der Waals surface area contributed by atoms with Crippen molar-refractivity contribution in [2.45, 2.75) is 38.6 Å². The van der Waals surface area contributed by atoms with E-state index < -0.39 is 5.41 Å². The minimum Gasteiger partial charge on any atom is -0.335 e. The molecule has 0 atom stereocenters. The second kappa shape index (κ2) is 15.4. The Hall–Kier alpha value is -7.94. The van der Waals surface area contributed by atoms with E-state index in [2.05, 4.69) is 268 Å². The number of anilines is 3. The van der Waals surface area contributed by atoms with Crippen LogP contribution >= 0.6 is 0 Å². The van der Waals surface area contributed by atoms with E-state index in [1.54, 1.807) is 0 Å². The minimum atomic E-state index is -0.479. The Kier molecular flexibility index (Phi) is 9.22. The maximum atomic E-state index is 2.52. The molecule has 0 fully saturated rings. The van der Waals surface area contributed by atoms with Gasteiger partial charge in [-0.05, 0) is 142 Å². The summed E-state index contributed by atoms with van der Waals surface area (Å²) >= 11 is 0. The molecule has 12 rings (SSSR count). The van der Waals surface area contributed by atoms with Gasteiger partial charge in [-0.15, -0.1) is 0 Å². The lowest BCUT2D eigenvalue weighted by molar-refractivity contribution is 0.423. The molecule has 2 nitrogen and oxygen atoms in total. The second-order valence-corrected chi connectivity index (χ2v) is 18.9. The van der Waals surface area contributed by atoms with Crippen LogP contribution in [0, 0.1) is 6.92 Å². The number of hydrogen-bond donors (Lipinski definition) is 0. The summed E-state index contributed by atoms with van der Waals surface area (Å²) in [6.07, 6.45) is 0. The summed E-state index contributed by atoms with van der Waals surface area (Å²) in [5, 5.41) is 5.03. The highest BCUT2D eigenvalue weighted by atomic mass is 15.1. The lowest BCUT2D eigenvalue weighted by Gasteiger charge is -2.34. The molecule has 10 aromatic carbocycles. The Bertz CT molecular complexity index is 3570. The van der Waals surface area contributed by atoms with Gasteiger partial charge in [0.1, 0.15) is 0 Å². The molecule has 316 valence electrons. The molecule has 0 unspecified atom stereocenters. The molecule has 0 spiro atoms. The van der Waals surface area contributed by atoms with Crippen molar-refractivity contribution in [3.8, 4) is 33.4 Å². The first kappa shape index (κ1) is 39.6. The van der Waals surface area contributed by atoms with Gasteiger partial charge < -0.3 is 9.47 Å². The number of aromatic nitrogens is 1. The van der Waals surface area contributed by atoms with E-state index in [-0.39, 0.29) is 5.54 Å². The zero-order valence-electron chi connectivity index (χ0n) is 37.8. The van der Waals surface area contributed by atoms with Crippen molar-refractivity contribution in [1.29, 1.82) is 0 Å². The highest BCUT2D eigenvalue weighted by Crippen LogP contribution is 2.58. The van der Waals surface area contributed by atoms with E-state index >= 15 is 0 Å². The summed E-state index contributed by atoms with van der Waals surface area (Å²) in [7, 11) is 0. The zero-order chi connectivity index (χ0) is 44.6. The predicted molar refractivity (Wildman–Crippen MR) is 280 cm³/mol. The SMILES string of the molecule is Cc1cccc2c1-c1cc(N(c3ccc(-c4ccc5ccccc5c4-c4ccccc4)cc3)c3ccc4c5ccccc5n(C(C)(C)C)c4c3)ccc1C2(c1ccccc1)c1ccccc1. The van der Waals surface area contributed by atoms with Gasteiger partial charge in [-0.1, -0.05) is 188 Å². The van der Waals surface area contributed by atoms with Gasteiger partial charge in [-0.2, -0.15) is 0 Å². The molecule has 0 saturated heterocycles. The average Bonchev–Trinajstić information content (AvgIpc) is 3.86. The maximum absolute atomic E-state index is 2.52. The van der Waals surface area contributed by atoms with E-state index in [9.17, 15) is 0 Å². The Morgan fingerprint density at radius 3 is 1.70 bits per heavy atom. The average molecular weight is 847 g/mol. The molecule has 1 aromatic heterocycles. The van der Waals surface area contributed by atoms with Gasteiger partial charge in [0.05, 0.1) is 10.9 Å². The van der Waals surface area contributed by atoms with Crippen LogP contribution in [-0.4, -0.2) is 4.57 Å². The second-order valence-electron chi connectivity index (χ2n) is 18.9. The fourth-order valence-corrected chi connectivity index (χ4v) is 11.3. The standard InChI is InChI=1S/C64H50N2/c1-43-19-18-29-58-61(43)56-41-50(37-40-57(56)64(58,47-23-10-6-11-24-47)48-25-12-7-13-26-48)65(51-36-39-55-54-28-16-17-30-59(54)66(60(55)42-51)63(2,3)4)49-34-31-45(32-35-49)53-38-33-44-20-14-15-27-52(44)62(53)46-21-8-5-9-22-46/h5-42H,1-4H3. The van der Waals surface area contributed by atoms with Gasteiger partial charge in [0, 0.05) is 38.9 Å². The first-order valence-electron chi connectivity index (χ1n) is 23.2. The number of hydrogen-bond acceptors (Lipinski definition) is 1. The highest BCUT2D eigenvalue weighted by molar-refractivity contribution is 6.10. The van der Waals surface area contributed by atoms with E-state index in [0.29, 0.717) is 0 Å². The van der Waals surface area contributed by atoms with Crippen LogP contribution in [0.4, 0.5) is 17.1 Å². The highest BCUT2D eigenvalue weighted by Gasteiger charge is 2.46. The third-order valence-corrected chi connectivity index (χ3v) is 14.0. The van der Waals surface area contributed by atoms with Crippen molar-refractivity contribution < 1.29 is 0 Å². The van der Waals surface area contributed by atoms with Crippen molar-refractivity contribution in [1.82, 2.24) is 4.57 Å². The fraction of sp³-hybridized carbons (Fsp3) is 0.0938. The maximum Gasteiger partial charge on any atom is 0.0713 e. The summed E-state index contributed by atoms with van der Waals surface area (Å²) in [6.45, 7) is 9.20. The topological polar surface area (TPSA) is 8.17 Å². The van der Waals surface area contributed by atoms with Crippen LogP contribution in [0.5, 0.6) is 0 Å². The molecule has 0 amide bonds. The number of benzene rings is 10. The van der Waals surface area contributed by atoms with Crippen LogP contribution < -0.4 is 4.90 Å². The molecule has 1 aliphatic rings. The number of rotatable bonds is 7. The molecule has 2 heteroatoms. The zero-order valence-corrected chi connectivity index (χ0v) is 37.8.